The van der Waals surface area contributed by atoms with E-state index < -0.39 is 15.9 Å². The van der Waals surface area contributed by atoms with Crippen molar-refractivity contribution in [1.29, 1.82) is 0 Å². The Bertz CT molecular complexity index is 1190. The van der Waals surface area contributed by atoms with Gasteiger partial charge in [0.15, 0.2) is 0 Å². The van der Waals surface area contributed by atoms with Gasteiger partial charge in [-0.25, -0.2) is 8.42 Å². The monoisotopic (exact) mass is 423 g/mol. The van der Waals surface area contributed by atoms with E-state index in [4.69, 9.17) is 0 Å². The van der Waals surface area contributed by atoms with Gasteiger partial charge in [0.05, 0.1) is 4.90 Å². The first-order valence-corrected chi connectivity index (χ1v) is 10.6. The fraction of sp³-hybridized carbons (Fsp3) is 0.0909. The lowest BCUT2D eigenvalue weighted by Gasteiger charge is -2.11. The average Bonchev–Trinajstić information content (AvgIpc) is 2.68. The van der Waals surface area contributed by atoms with Gasteiger partial charge in [-0.2, -0.15) is 0 Å². The van der Waals surface area contributed by atoms with E-state index in [0.717, 1.165) is 5.56 Å². The quantitative estimate of drug-likeness (QED) is 0.557. The number of amides is 2. The second-order valence-corrected chi connectivity index (χ2v) is 8.40. The van der Waals surface area contributed by atoms with Gasteiger partial charge >= 0.3 is 0 Å². The lowest BCUT2D eigenvalue weighted by Crippen LogP contribution is -2.15. The number of hydrogen-bond acceptors (Lipinski definition) is 4. The molecular formula is C22H21N3O4S. The van der Waals surface area contributed by atoms with Gasteiger partial charge in [-0.05, 0) is 55.5 Å². The molecule has 0 saturated carbocycles. The van der Waals surface area contributed by atoms with E-state index in [2.05, 4.69) is 15.4 Å². The molecule has 3 aromatic rings. The zero-order valence-electron chi connectivity index (χ0n) is 16.5. The normalized spacial score (nSPS) is 10.9. The van der Waals surface area contributed by atoms with E-state index in [-0.39, 0.29) is 22.1 Å². The molecule has 154 valence electrons. The Hall–Kier alpha value is -3.65. The molecule has 8 heteroatoms. The third-order valence-electron chi connectivity index (χ3n) is 4.15. The highest BCUT2D eigenvalue weighted by molar-refractivity contribution is 7.92. The molecule has 0 aliphatic rings. The minimum Gasteiger partial charge on any atom is -0.326 e. The van der Waals surface area contributed by atoms with Crippen molar-refractivity contribution in [2.24, 2.45) is 0 Å². The van der Waals surface area contributed by atoms with Crippen LogP contribution in [0.25, 0.3) is 0 Å². The predicted octanol–water partition coefficient (Wildman–Crippen LogP) is 4.01. The second-order valence-electron chi connectivity index (χ2n) is 6.72. The number of carbonyl (C=O) groups excluding carboxylic acids is 2. The predicted molar refractivity (Wildman–Crippen MR) is 117 cm³/mol. The summed E-state index contributed by atoms with van der Waals surface area (Å²) in [5, 5.41) is 5.38. The average molecular weight is 423 g/mol. The third kappa shape index (κ3) is 5.45. The van der Waals surface area contributed by atoms with E-state index >= 15 is 0 Å². The molecule has 0 aliphatic carbocycles. The highest BCUT2D eigenvalue weighted by Crippen LogP contribution is 2.20. The van der Waals surface area contributed by atoms with Gasteiger partial charge in [0.25, 0.3) is 15.9 Å². The van der Waals surface area contributed by atoms with Crippen molar-refractivity contribution in [3.8, 4) is 0 Å². The molecule has 7 nitrogen and oxygen atoms in total. The summed E-state index contributed by atoms with van der Waals surface area (Å²) in [4.78, 5) is 23.9. The SMILES string of the molecule is CC(=O)Nc1cccc(NC(=O)c2cccc(NS(=O)(=O)c3ccc(C)cc3)c2)c1. The maximum absolute atomic E-state index is 12.6. The standard InChI is InChI=1S/C22H21N3O4S/c1-15-9-11-21(12-10-15)30(28,29)25-20-8-3-5-17(13-20)22(27)24-19-7-4-6-18(14-19)23-16(2)26/h3-14,25H,1-2H3,(H,23,26)(H,24,27). The molecule has 3 rings (SSSR count). The summed E-state index contributed by atoms with van der Waals surface area (Å²) in [5.41, 5.74) is 2.56. The zero-order chi connectivity index (χ0) is 21.7. The fourth-order valence-corrected chi connectivity index (χ4v) is 3.79. The molecule has 0 saturated heterocycles. The molecule has 0 fully saturated rings. The van der Waals surface area contributed by atoms with Crippen molar-refractivity contribution in [3.63, 3.8) is 0 Å². The first kappa shape index (κ1) is 21.1. The first-order valence-electron chi connectivity index (χ1n) is 9.11. The van der Waals surface area contributed by atoms with Gasteiger partial charge in [0, 0.05) is 29.5 Å². The topological polar surface area (TPSA) is 104 Å². The second kappa shape index (κ2) is 8.79. The number of anilines is 3. The van der Waals surface area contributed by atoms with Crippen LogP contribution in [0.4, 0.5) is 17.1 Å². The summed E-state index contributed by atoms with van der Waals surface area (Å²) in [6.07, 6.45) is 0. The molecule has 30 heavy (non-hydrogen) atoms. The maximum Gasteiger partial charge on any atom is 0.261 e. The fourth-order valence-electron chi connectivity index (χ4n) is 2.74. The summed E-state index contributed by atoms with van der Waals surface area (Å²) in [6, 6.07) is 19.4. The minimum atomic E-state index is -3.77. The van der Waals surface area contributed by atoms with Gasteiger partial charge < -0.3 is 10.6 Å². The van der Waals surface area contributed by atoms with Gasteiger partial charge in [0.1, 0.15) is 0 Å². The summed E-state index contributed by atoms with van der Waals surface area (Å²) in [5.74, 6) is -0.626. The Labute approximate surface area is 175 Å². The molecule has 3 N–H and O–H groups in total. The Morgan fingerprint density at radius 2 is 1.37 bits per heavy atom. The van der Waals surface area contributed by atoms with E-state index in [9.17, 15) is 18.0 Å². The van der Waals surface area contributed by atoms with Crippen molar-refractivity contribution in [1.82, 2.24) is 0 Å². The molecule has 0 bridgehead atoms. The van der Waals surface area contributed by atoms with Crippen molar-refractivity contribution in [2.75, 3.05) is 15.4 Å². The molecule has 0 atom stereocenters. The van der Waals surface area contributed by atoms with Crippen LogP contribution in [0.15, 0.2) is 77.7 Å². The van der Waals surface area contributed by atoms with Crippen molar-refractivity contribution in [3.05, 3.63) is 83.9 Å². The molecule has 0 aliphatic heterocycles. The van der Waals surface area contributed by atoms with Crippen molar-refractivity contribution < 1.29 is 18.0 Å². The van der Waals surface area contributed by atoms with Crippen LogP contribution >= 0.6 is 0 Å². The summed E-state index contributed by atoms with van der Waals surface area (Å²) in [6.45, 7) is 3.27. The molecule has 0 spiro atoms. The highest BCUT2D eigenvalue weighted by atomic mass is 32.2. The van der Waals surface area contributed by atoms with Crippen molar-refractivity contribution in [2.45, 2.75) is 18.7 Å². The minimum absolute atomic E-state index is 0.137. The largest absolute Gasteiger partial charge is 0.326 e. The van der Waals surface area contributed by atoms with Gasteiger partial charge in [0.2, 0.25) is 5.91 Å². The van der Waals surface area contributed by atoms with Gasteiger partial charge in [-0.15, -0.1) is 0 Å². The third-order valence-corrected chi connectivity index (χ3v) is 5.55. The van der Waals surface area contributed by atoms with Crippen LogP contribution in [-0.2, 0) is 14.8 Å². The van der Waals surface area contributed by atoms with Crippen LogP contribution in [0.1, 0.15) is 22.8 Å². The van der Waals surface area contributed by atoms with Gasteiger partial charge in [-0.1, -0.05) is 29.8 Å². The molecule has 3 aromatic carbocycles. The molecule has 2 amide bonds. The Balaban J connectivity index is 1.75. The van der Waals surface area contributed by atoms with Crippen LogP contribution in [0, 0.1) is 6.92 Å². The number of benzene rings is 3. The zero-order valence-corrected chi connectivity index (χ0v) is 17.3. The Kier molecular flexibility index (Phi) is 6.17. The lowest BCUT2D eigenvalue weighted by molar-refractivity contribution is -0.114. The number of nitrogens with one attached hydrogen (secondary N) is 3. The Morgan fingerprint density at radius 3 is 2.03 bits per heavy atom. The molecular weight excluding hydrogens is 402 g/mol. The van der Waals surface area contributed by atoms with E-state index in [1.54, 1.807) is 54.6 Å². The summed E-state index contributed by atoms with van der Waals surface area (Å²) < 4.78 is 27.6. The Morgan fingerprint density at radius 1 is 0.767 bits per heavy atom. The van der Waals surface area contributed by atoms with Crippen LogP contribution in [0.2, 0.25) is 0 Å². The van der Waals surface area contributed by atoms with E-state index in [0.29, 0.717) is 11.4 Å². The molecule has 0 unspecified atom stereocenters. The number of hydrogen-bond donors (Lipinski definition) is 3. The van der Waals surface area contributed by atoms with Crippen LogP contribution < -0.4 is 15.4 Å². The summed E-state index contributed by atoms with van der Waals surface area (Å²) in [7, 11) is -3.77. The van der Waals surface area contributed by atoms with Crippen molar-refractivity contribution >= 4 is 38.9 Å². The number of carbonyl (C=O) groups is 2. The van der Waals surface area contributed by atoms with Gasteiger partial charge in [-0.3, -0.25) is 14.3 Å². The van der Waals surface area contributed by atoms with Crippen LogP contribution in [0.5, 0.6) is 0 Å². The highest BCUT2D eigenvalue weighted by Gasteiger charge is 2.15. The smallest absolute Gasteiger partial charge is 0.261 e. The molecule has 0 radical (unpaired) electrons. The first-order chi connectivity index (χ1) is 14.2. The van der Waals surface area contributed by atoms with E-state index in [1.165, 1.54) is 25.1 Å². The molecule has 0 heterocycles. The number of aryl methyl sites for hydroxylation is 1. The molecule has 0 aromatic heterocycles. The van der Waals surface area contributed by atoms with E-state index in [1.807, 2.05) is 6.92 Å². The number of rotatable bonds is 6. The lowest BCUT2D eigenvalue weighted by atomic mass is 10.2. The maximum atomic E-state index is 12.6. The number of sulfonamides is 1. The van der Waals surface area contributed by atoms with Crippen LogP contribution in [0.3, 0.4) is 0 Å². The van der Waals surface area contributed by atoms with Crippen LogP contribution in [-0.4, -0.2) is 20.2 Å². The summed E-state index contributed by atoms with van der Waals surface area (Å²) >= 11 is 0.